The minimum atomic E-state index is 0.161. The third-order valence-corrected chi connectivity index (χ3v) is 3.75. The number of furan rings is 1. The van der Waals surface area contributed by atoms with E-state index in [-0.39, 0.29) is 12.4 Å². The second-order valence-corrected chi connectivity index (χ2v) is 4.99. The normalized spacial score (nSPS) is 10.8. The summed E-state index contributed by atoms with van der Waals surface area (Å²) >= 11 is 6.18. The fourth-order valence-corrected chi connectivity index (χ4v) is 2.45. The van der Waals surface area contributed by atoms with Crippen molar-refractivity contribution in [2.45, 2.75) is 13.5 Å². The molecule has 0 fully saturated rings. The van der Waals surface area contributed by atoms with Gasteiger partial charge in [0.2, 0.25) is 5.76 Å². The predicted molar refractivity (Wildman–Crippen MR) is 78.2 cm³/mol. The number of hydrogen-bond donors (Lipinski definition) is 0. The van der Waals surface area contributed by atoms with E-state index >= 15 is 0 Å². The molecule has 0 spiro atoms. The number of rotatable bonds is 3. The molecular weight excluding hydrogens is 290 g/mol. The van der Waals surface area contributed by atoms with Crippen LogP contribution in [0, 0.1) is 18.3 Å². The Morgan fingerprint density at radius 2 is 2.19 bits per heavy atom. The Hall–Kier alpha value is -2.45. The zero-order chi connectivity index (χ0) is 15.0. The average Bonchev–Trinajstić information content (AvgIpc) is 2.95. The summed E-state index contributed by atoms with van der Waals surface area (Å²) in [5.41, 5.74) is 2.22. The van der Waals surface area contributed by atoms with E-state index in [9.17, 15) is 0 Å². The van der Waals surface area contributed by atoms with Crippen molar-refractivity contribution in [1.29, 1.82) is 5.26 Å². The van der Waals surface area contributed by atoms with Gasteiger partial charge in [0, 0.05) is 12.6 Å². The molecule has 0 aliphatic rings. The van der Waals surface area contributed by atoms with Crippen LogP contribution in [0.3, 0.4) is 0 Å². The lowest BCUT2D eigenvalue weighted by atomic mass is 10.2. The van der Waals surface area contributed by atoms with Crippen molar-refractivity contribution in [3.8, 4) is 11.8 Å². The van der Waals surface area contributed by atoms with Crippen molar-refractivity contribution >= 4 is 22.6 Å². The molecule has 5 nitrogen and oxygen atoms in total. The van der Waals surface area contributed by atoms with Crippen LogP contribution in [-0.4, -0.2) is 9.78 Å². The Morgan fingerprint density at radius 1 is 1.43 bits per heavy atom. The van der Waals surface area contributed by atoms with Crippen LogP contribution in [0.15, 0.2) is 28.7 Å². The Labute approximate surface area is 126 Å². The van der Waals surface area contributed by atoms with Crippen LogP contribution in [-0.2, 0) is 13.7 Å². The lowest BCUT2D eigenvalue weighted by Gasteiger charge is -2.04. The molecule has 0 saturated carbocycles. The van der Waals surface area contributed by atoms with Crippen LogP contribution < -0.4 is 4.74 Å². The number of nitrogens with zero attached hydrogens (tertiary/aromatic N) is 3. The Bertz CT molecular complexity index is 858. The quantitative estimate of drug-likeness (QED) is 0.741. The SMILES string of the molecule is Cc1nn(C)c(Cl)c1COc1c(C#N)oc2ccccc12. The number of aromatic nitrogens is 2. The Balaban J connectivity index is 1.97. The maximum absolute atomic E-state index is 9.16. The number of fused-ring (bicyclic) bond motifs is 1. The van der Waals surface area contributed by atoms with Crippen molar-refractivity contribution in [3.05, 3.63) is 46.4 Å². The van der Waals surface area contributed by atoms with Gasteiger partial charge in [0.1, 0.15) is 23.4 Å². The second-order valence-electron chi connectivity index (χ2n) is 4.64. The molecule has 2 heterocycles. The third kappa shape index (κ3) is 2.24. The van der Waals surface area contributed by atoms with Crippen LogP contribution in [0.1, 0.15) is 17.0 Å². The monoisotopic (exact) mass is 301 g/mol. The third-order valence-electron chi connectivity index (χ3n) is 3.28. The highest BCUT2D eigenvalue weighted by Gasteiger charge is 2.17. The maximum atomic E-state index is 9.16. The minimum absolute atomic E-state index is 0.161. The maximum Gasteiger partial charge on any atom is 0.246 e. The van der Waals surface area contributed by atoms with Gasteiger partial charge in [-0.3, -0.25) is 4.68 Å². The number of benzene rings is 1. The topological polar surface area (TPSA) is 64.0 Å². The van der Waals surface area contributed by atoms with E-state index in [2.05, 4.69) is 5.10 Å². The number of halogens is 1. The molecule has 1 aromatic carbocycles. The molecule has 2 aromatic heterocycles. The molecule has 6 heteroatoms. The Kier molecular flexibility index (Phi) is 3.32. The molecule has 0 aliphatic heterocycles. The van der Waals surface area contributed by atoms with E-state index in [4.69, 9.17) is 26.0 Å². The zero-order valence-electron chi connectivity index (χ0n) is 11.6. The summed E-state index contributed by atoms with van der Waals surface area (Å²) in [6.07, 6.45) is 0. The summed E-state index contributed by atoms with van der Waals surface area (Å²) in [5.74, 6) is 0.598. The summed E-state index contributed by atoms with van der Waals surface area (Å²) in [6.45, 7) is 2.10. The van der Waals surface area contributed by atoms with Gasteiger partial charge in [-0.2, -0.15) is 10.4 Å². The van der Waals surface area contributed by atoms with E-state index in [1.165, 1.54) is 0 Å². The first-order valence-electron chi connectivity index (χ1n) is 6.34. The largest absolute Gasteiger partial charge is 0.483 e. The fraction of sp³-hybridized carbons (Fsp3) is 0.200. The number of hydrogen-bond acceptors (Lipinski definition) is 4. The molecule has 3 rings (SSSR count). The van der Waals surface area contributed by atoms with E-state index in [1.54, 1.807) is 17.8 Å². The van der Waals surface area contributed by atoms with Crippen LogP contribution in [0.2, 0.25) is 5.15 Å². The molecule has 106 valence electrons. The molecule has 21 heavy (non-hydrogen) atoms. The van der Waals surface area contributed by atoms with Crippen LogP contribution in [0.4, 0.5) is 0 Å². The summed E-state index contributed by atoms with van der Waals surface area (Å²) in [7, 11) is 1.77. The lowest BCUT2D eigenvalue weighted by molar-refractivity contribution is 0.303. The van der Waals surface area contributed by atoms with E-state index in [0.717, 1.165) is 16.6 Å². The molecule has 0 N–H and O–H groups in total. The van der Waals surface area contributed by atoms with E-state index < -0.39 is 0 Å². The van der Waals surface area contributed by atoms with Gasteiger partial charge in [-0.1, -0.05) is 23.7 Å². The first kappa shape index (κ1) is 13.5. The minimum Gasteiger partial charge on any atom is -0.483 e. The fourth-order valence-electron chi connectivity index (χ4n) is 2.22. The predicted octanol–water partition coefficient (Wildman–Crippen LogP) is 3.58. The first-order chi connectivity index (χ1) is 10.1. The van der Waals surface area contributed by atoms with Gasteiger partial charge in [-0.05, 0) is 19.1 Å². The molecule has 0 amide bonds. The van der Waals surface area contributed by atoms with Gasteiger partial charge < -0.3 is 9.15 Å². The molecular formula is C15H12ClN3O2. The van der Waals surface area contributed by atoms with Crippen LogP contribution in [0.5, 0.6) is 5.75 Å². The van der Waals surface area contributed by atoms with Gasteiger partial charge in [-0.15, -0.1) is 0 Å². The van der Waals surface area contributed by atoms with Crippen molar-refractivity contribution < 1.29 is 9.15 Å². The van der Waals surface area contributed by atoms with Crippen molar-refractivity contribution in [1.82, 2.24) is 9.78 Å². The highest BCUT2D eigenvalue weighted by atomic mass is 35.5. The van der Waals surface area contributed by atoms with Crippen LogP contribution >= 0.6 is 11.6 Å². The summed E-state index contributed by atoms with van der Waals surface area (Å²) in [5, 5.41) is 14.7. The molecule has 0 aliphatic carbocycles. The lowest BCUT2D eigenvalue weighted by Crippen LogP contribution is -1.98. The standard InChI is InChI=1S/C15H12ClN3O2/c1-9-11(15(16)19(2)18-9)8-20-14-10-5-3-4-6-12(10)21-13(14)7-17/h3-6H,8H2,1-2H3. The number of aryl methyl sites for hydroxylation is 2. The van der Waals surface area contributed by atoms with Crippen LogP contribution in [0.25, 0.3) is 11.0 Å². The van der Waals surface area contributed by atoms with E-state index in [1.807, 2.05) is 31.2 Å². The smallest absolute Gasteiger partial charge is 0.246 e. The van der Waals surface area contributed by atoms with Crippen molar-refractivity contribution in [2.75, 3.05) is 0 Å². The van der Waals surface area contributed by atoms with Crippen molar-refractivity contribution in [2.24, 2.45) is 7.05 Å². The highest BCUT2D eigenvalue weighted by Crippen LogP contribution is 2.33. The molecule has 0 unspecified atom stereocenters. The molecule has 0 saturated heterocycles. The molecule has 0 radical (unpaired) electrons. The highest BCUT2D eigenvalue weighted by molar-refractivity contribution is 6.30. The number of nitriles is 1. The number of para-hydroxylation sites is 1. The second kappa shape index (κ2) is 5.15. The van der Waals surface area contributed by atoms with Gasteiger partial charge in [-0.25, -0.2) is 0 Å². The first-order valence-corrected chi connectivity index (χ1v) is 6.72. The van der Waals surface area contributed by atoms with E-state index in [0.29, 0.717) is 16.5 Å². The zero-order valence-corrected chi connectivity index (χ0v) is 12.3. The average molecular weight is 302 g/mol. The number of ether oxygens (including phenoxy) is 1. The molecule has 0 bridgehead atoms. The summed E-state index contributed by atoms with van der Waals surface area (Å²) in [6, 6.07) is 9.38. The molecule has 3 aromatic rings. The van der Waals surface area contributed by atoms with Gasteiger partial charge in [0.05, 0.1) is 11.1 Å². The summed E-state index contributed by atoms with van der Waals surface area (Å²) < 4.78 is 12.8. The Morgan fingerprint density at radius 3 is 2.86 bits per heavy atom. The van der Waals surface area contributed by atoms with Crippen molar-refractivity contribution in [3.63, 3.8) is 0 Å². The van der Waals surface area contributed by atoms with Gasteiger partial charge in [0.25, 0.3) is 0 Å². The van der Waals surface area contributed by atoms with Gasteiger partial charge >= 0.3 is 0 Å². The van der Waals surface area contributed by atoms with Gasteiger partial charge in [0.15, 0.2) is 5.75 Å². The summed E-state index contributed by atoms with van der Waals surface area (Å²) in [4.78, 5) is 0. The molecule has 0 atom stereocenters.